The van der Waals surface area contributed by atoms with Gasteiger partial charge in [-0.15, -0.1) is 0 Å². The minimum atomic E-state index is -4.55. The van der Waals surface area contributed by atoms with Crippen molar-refractivity contribution < 1.29 is 18.0 Å². The van der Waals surface area contributed by atoms with E-state index >= 15 is 0 Å². The first-order chi connectivity index (χ1) is 14.6. The van der Waals surface area contributed by atoms with Crippen molar-refractivity contribution in [1.29, 1.82) is 5.26 Å². The van der Waals surface area contributed by atoms with Crippen molar-refractivity contribution in [2.75, 3.05) is 44.7 Å². The topological polar surface area (TPSA) is 59.4 Å². The molecule has 2 aliphatic heterocycles. The smallest absolute Gasteiger partial charge is 0.372 e. The summed E-state index contributed by atoms with van der Waals surface area (Å²) in [6.45, 7) is 8.28. The molecule has 2 aliphatic rings. The second kappa shape index (κ2) is 9.47. The van der Waals surface area contributed by atoms with Crippen LogP contribution in [-0.4, -0.2) is 50.6 Å². The third kappa shape index (κ3) is 5.32. The minimum Gasteiger partial charge on any atom is -0.372 e. The Morgan fingerprint density at radius 1 is 1.26 bits per heavy atom. The van der Waals surface area contributed by atoms with Crippen molar-refractivity contribution in [2.24, 2.45) is 23.7 Å². The third-order valence-corrected chi connectivity index (χ3v) is 6.59. The molecule has 1 aromatic rings. The highest BCUT2D eigenvalue weighted by atomic mass is 19.4. The van der Waals surface area contributed by atoms with Crippen LogP contribution in [-0.2, 0) is 11.0 Å². The Bertz CT molecular complexity index is 825. The molecule has 31 heavy (non-hydrogen) atoms. The fourth-order valence-electron chi connectivity index (χ4n) is 5.17. The van der Waals surface area contributed by atoms with Crippen molar-refractivity contribution in [2.45, 2.75) is 32.9 Å². The maximum atomic E-state index is 13.3. The molecule has 0 unspecified atom stereocenters. The van der Waals surface area contributed by atoms with Crippen LogP contribution in [0, 0.1) is 35.0 Å². The van der Waals surface area contributed by atoms with E-state index in [1.54, 1.807) is 19.2 Å². The van der Waals surface area contributed by atoms with Gasteiger partial charge in [0.25, 0.3) is 0 Å². The lowest BCUT2D eigenvalue weighted by atomic mass is 9.78. The van der Waals surface area contributed by atoms with Crippen LogP contribution in [0.25, 0.3) is 0 Å². The number of nitrogens with one attached hydrogen (secondary N) is 1. The number of nitriles is 1. The SMILES string of the molecule is CNC(=O)[C@@H]1CN(CC(C)C)C[C@H]1C1CCN(c2ccc(C#N)c(C(F)(F)F)c2)CC1. The number of hydrogen-bond donors (Lipinski definition) is 1. The van der Waals surface area contributed by atoms with E-state index in [9.17, 15) is 18.0 Å². The molecule has 0 aromatic heterocycles. The number of nitrogens with zero attached hydrogens (tertiary/aromatic N) is 3. The Hall–Kier alpha value is -2.27. The van der Waals surface area contributed by atoms with E-state index in [1.807, 2.05) is 4.90 Å². The lowest BCUT2D eigenvalue weighted by Crippen LogP contribution is -2.41. The number of alkyl halides is 3. The summed E-state index contributed by atoms with van der Waals surface area (Å²) in [6.07, 6.45) is -2.87. The molecule has 2 saturated heterocycles. The molecule has 0 bridgehead atoms. The van der Waals surface area contributed by atoms with Gasteiger partial charge in [0.1, 0.15) is 0 Å². The van der Waals surface area contributed by atoms with Gasteiger partial charge in [-0.25, -0.2) is 0 Å². The van der Waals surface area contributed by atoms with Gasteiger partial charge in [0.2, 0.25) is 5.91 Å². The zero-order valence-corrected chi connectivity index (χ0v) is 18.4. The maximum absolute atomic E-state index is 13.3. The normalized spacial score (nSPS) is 23.2. The van der Waals surface area contributed by atoms with Crippen molar-refractivity contribution >= 4 is 11.6 Å². The molecule has 170 valence electrons. The molecule has 8 heteroatoms. The number of carbonyl (C=O) groups is 1. The summed E-state index contributed by atoms with van der Waals surface area (Å²) in [5.41, 5.74) is -0.731. The van der Waals surface area contributed by atoms with Gasteiger partial charge in [-0.1, -0.05) is 13.8 Å². The summed E-state index contributed by atoms with van der Waals surface area (Å²) in [6, 6.07) is 5.58. The summed E-state index contributed by atoms with van der Waals surface area (Å²) in [5, 5.41) is 11.8. The Balaban J connectivity index is 1.70. The van der Waals surface area contributed by atoms with E-state index in [1.165, 1.54) is 6.07 Å². The summed E-state index contributed by atoms with van der Waals surface area (Å²) in [7, 11) is 1.68. The zero-order chi connectivity index (χ0) is 22.8. The summed E-state index contributed by atoms with van der Waals surface area (Å²) in [4.78, 5) is 16.8. The first-order valence-corrected chi connectivity index (χ1v) is 10.9. The molecule has 0 saturated carbocycles. The Morgan fingerprint density at radius 2 is 1.94 bits per heavy atom. The number of benzene rings is 1. The number of hydrogen-bond acceptors (Lipinski definition) is 4. The highest BCUT2D eigenvalue weighted by molar-refractivity contribution is 5.79. The van der Waals surface area contributed by atoms with Crippen LogP contribution in [0.15, 0.2) is 18.2 Å². The van der Waals surface area contributed by atoms with Crippen LogP contribution in [0.5, 0.6) is 0 Å². The average molecular weight is 437 g/mol. The van der Waals surface area contributed by atoms with Gasteiger partial charge >= 0.3 is 6.18 Å². The summed E-state index contributed by atoms with van der Waals surface area (Å²) < 4.78 is 39.9. The summed E-state index contributed by atoms with van der Waals surface area (Å²) >= 11 is 0. The van der Waals surface area contributed by atoms with E-state index in [0.717, 1.165) is 38.5 Å². The van der Waals surface area contributed by atoms with E-state index in [0.29, 0.717) is 30.6 Å². The first kappa shape index (κ1) is 23.4. The highest BCUT2D eigenvalue weighted by Gasteiger charge is 2.42. The van der Waals surface area contributed by atoms with Crippen LogP contribution in [0.2, 0.25) is 0 Å². The Kier molecular flexibility index (Phi) is 7.15. The van der Waals surface area contributed by atoms with Crippen LogP contribution in [0.4, 0.5) is 18.9 Å². The number of carbonyl (C=O) groups excluding carboxylic acids is 1. The number of anilines is 1. The van der Waals surface area contributed by atoms with Crippen LogP contribution in [0.3, 0.4) is 0 Å². The van der Waals surface area contributed by atoms with Gasteiger partial charge in [0.15, 0.2) is 0 Å². The monoisotopic (exact) mass is 436 g/mol. The van der Waals surface area contributed by atoms with Gasteiger partial charge in [0.05, 0.1) is 23.1 Å². The van der Waals surface area contributed by atoms with E-state index < -0.39 is 11.7 Å². The molecule has 2 atom stereocenters. The fourth-order valence-corrected chi connectivity index (χ4v) is 5.17. The quantitative estimate of drug-likeness (QED) is 0.764. The Labute approximate surface area is 182 Å². The van der Waals surface area contributed by atoms with E-state index in [-0.39, 0.29) is 23.3 Å². The molecule has 2 heterocycles. The molecule has 1 N–H and O–H groups in total. The minimum absolute atomic E-state index is 0.0351. The lowest BCUT2D eigenvalue weighted by Gasteiger charge is -2.37. The lowest BCUT2D eigenvalue weighted by molar-refractivity contribution is -0.137. The number of halogens is 3. The second-order valence-corrected chi connectivity index (χ2v) is 9.16. The molecule has 3 rings (SSSR count). The molecule has 2 fully saturated rings. The van der Waals surface area contributed by atoms with Gasteiger partial charge in [-0.3, -0.25) is 4.79 Å². The zero-order valence-electron chi connectivity index (χ0n) is 18.4. The van der Waals surface area contributed by atoms with Crippen LogP contribution < -0.4 is 10.2 Å². The van der Waals surface area contributed by atoms with Gasteiger partial charge in [-0.05, 0) is 48.8 Å². The fraction of sp³-hybridized carbons (Fsp3) is 0.652. The van der Waals surface area contributed by atoms with Crippen molar-refractivity contribution in [3.8, 4) is 6.07 Å². The first-order valence-electron chi connectivity index (χ1n) is 10.9. The third-order valence-electron chi connectivity index (χ3n) is 6.59. The standard InChI is InChI=1S/C23H31F3N4O/c1-15(2)12-29-13-19(20(14-29)22(31)28-3)16-6-8-30(9-7-16)18-5-4-17(11-27)21(10-18)23(24,25)26/h4-5,10,15-16,19-20H,6-9,12-14H2,1-3H3,(H,28,31)/t19-,20+/m0/s1. The molecular formula is C23H31F3N4O. The summed E-state index contributed by atoms with van der Waals surface area (Å²) in [5.74, 6) is 1.22. The molecule has 0 aliphatic carbocycles. The second-order valence-electron chi connectivity index (χ2n) is 9.16. The molecule has 0 spiro atoms. The van der Waals surface area contributed by atoms with Gasteiger partial charge in [-0.2, -0.15) is 18.4 Å². The van der Waals surface area contributed by atoms with E-state index in [2.05, 4.69) is 24.1 Å². The van der Waals surface area contributed by atoms with Crippen LogP contribution >= 0.6 is 0 Å². The number of rotatable bonds is 5. The van der Waals surface area contributed by atoms with Crippen molar-refractivity contribution in [1.82, 2.24) is 10.2 Å². The highest BCUT2D eigenvalue weighted by Crippen LogP contribution is 2.39. The van der Waals surface area contributed by atoms with E-state index in [4.69, 9.17) is 5.26 Å². The predicted octanol–water partition coefficient (Wildman–Crippen LogP) is 3.74. The van der Waals surface area contributed by atoms with Crippen LogP contribution in [0.1, 0.15) is 37.8 Å². The number of piperidine rings is 1. The number of likely N-dealkylation sites (tertiary alicyclic amines) is 1. The predicted molar refractivity (Wildman–Crippen MR) is 113 cm³/mol. The maximum Gasteiger partial charge on any atom is 0.417 e. The van der Waals surface area contributed by atoms with Gasteiger partial charge in [0, 0.05) is 45.5 Å². The van der Waals surface area contributed by atoms with Crippen molar-refractivity contribution in [3.05, 3.63) is 29.3 Å². The molecule has 1 aromatic carbocycles. The molecule has 5 nitrogen and oxygen atoms in total. The Morgan fingerprint density at radius 3 is 2.48 bits per heavy atom. The number of amides is 1. The average Bonchev–Trinajstić information content (AvgIpc) is 3.15. The molecule has 0 radical (unpaired) electrons. The molecule has 1 amide bonds. The largest absolute Gasteiger partial charge is 0.417 e. The van der Waals surface area contributed by atoms with Crippen molar-refractivity contribution in [3.63, 3.8) is 0 Å². The molecular weight excluding hydrogens is 405 g/mol. The van der Waals surface area contributed by atoms with Gasteiger partial charge < -0.3 is 15.1 Å².